The van der Waals surface area contributed by atoms with Crippen LogP contribution in [-0.2, 0) is 15.8 Å². The zero-order valence-electron chi connectivity index (χ0n) is 17.0. The second-order valence-corrected chi connectivity index (χ2v) is 10.2. The zero-order valence-corrected chi connectivity index (χ0v) is 18.6. The molecule has 0 saturated carbocycles. The zero-order chi connectivity index (χ0) is 21.4. The number of hydrogen-bond donors (Lipinski definition) is 0. The van der Waals surface area contributed by atoms with Crippen molar-refractivity contribution < 1.29 is 8.42 Å². The van der Waals surface area contributed by atoms with E-state index in [1.807, 2.05) is 66.9 Å². The van der Waals surface area contributed by atoms with Crippen molar-refractivity contribution in [3.8, 4) is 0 Å². The topological polar surface area (TPSA) is 57.9 Å². The number of hydrogen-bond acceptors (Lipinski definition) is 4. The Kier molecular flexibility index (Phi) is 5.33. The molecule has 5 rings (SSSR count). The number of halogens is 1. The summed E-state index contributed by atoms with van der Waals surface area (Å²) >= 11 is 6.21. The molecule has 3 heterocycles. The Morgan fingerprint density at radius 2 is 1.74 bits per heavy atom. The third-order valence-corrected chi connectivity index (χ3v) is 7.83. The first-order valence-electron chi connectivity index (χ1n) is 10.3. The molecular formula is C23H23ClN4O2S. The summed E-state index contributed by atoms with van der Waals surface area (Å²) in [5, 5.41) is 0.645. The minimum absolute atomic E-state index is 0.0313. The van der Waals surface area contributed by atoms with Gasteiger partial charge in [-0.05, 0) is 42.3 Å². The fourth-order valence-corrected chi connectivity index (χ4v) is 5.96. The van der Waals surface area contributed by atoms with Gasteiger partial charge in [0.15, 0.2) is 5.82 Å². The van der Waals surface area contributed by atoms with Gasteiger partial charge < -0.3 is 9.30 Å². The van der Waals surface area contributed by atoms with Crippen LogP contribution >= 0.6 is 11.6 Å². The van der Waals surface area contributed by atoms with Crippen molar-refractivity contribution in [3.63, 3.8) is 0 Å². The van der Waals surface area contributed by atoms with Crippen molar-refractivity contribution in [2.75, 3.05) is 31.1 Å². The number of fused-ring (bicyclic) bond motifs is 3. The molecule has 1 aliphatic heterocycles. The lowest BCUT2D eigenvalue weighted by Gasteiger charge is -2.24. The number of benzene rings is 2. The molecule has 31 heavy (non-hydrogen) atoms. The van der Waals surface area contributed by atoms with E-state index in [4.69, 9.17) is 16.6 Å². The van der Waals surface area contributed by atoms with Crippen LogP contribution in [0.4, 0.5) is 5.82 Å². The highest BCUT2D eigenvalue weighted by molar-refractivity contribution is 7.88. The van der Waals surface area contributed by atoms with E-state index in [1.165, 1.54) is 0 Å². The van der Waals surface area contributed by atoms with E-state index in [2.05, 4.69) is 9.30 Å². The van der Waals surface area contributed by atoms with Crippen molar-refractivity contribution in [3.05, 3.63) is 77.4 Å². The summed E-state index contributed by atoms with van der Waals surface area (Å²) in [7, 11) is -3.37. The lowest BCUT2D eigenvalue weighted by atomic mass is 10.2. The van der Waals surface area contributed by atoms with Gasteiger partial charge in [-0.3, -0.25) is 0 Å². The van der Waals surface area contributed by atoms with Crippen LogP contribution in [0.3, 0.4) is 0 Å². The van der Waals surface area contributed by atoms with E-state index in [-0.39, 0.29) is 5.75 Å². The summed E-state index contributed by atoms with van der Waals surface area (Å²) in [6, 6.07) is 19.1. The van der Waals surface area contributed by atoms with Crippen molar-refractivity contribution in [2.24, 2.45) is 0 Å². The number of rotatable bonds is 4. The Hall–Kier alpha value is -2.61. The SMILES string of the molecule is O=S(=O)(Cc1ccccc1)N1CCCN(c2nc3cc(Cl)ccc3n3cccc23)CC1. The van der Waals surface area contributed by atoms with Gasteiger partial charge in [-0.1, -0.05) is 41.9 Å². The lowest BCUT2D eigenvalue weighted by Crippen LogP contribution is -2.36. The molecule has 0 radical (unpaired) electrons. The first-order valence-corrected chi connectivity index (χ1v) is 12.3. The number of anilines is 1. The van der Waals surface area contributed by atoms with Crippen LogP contribution < -0.4 is 4.90 Å². The molecule has 0 unspecified atom stereocenters. The fraction of sp³-hybridized carbons (Fsp3) is 0.261. The average Bonchev–Trinajstić information content (AvgIpc) is 3.10. The van der Waals surface area contributed by atoms with Gasteiger partial charge in [-0.2, -0.15) is 4.31 Å². The molecule has 8 heteroatoms. The normalized spacial score (nSPS) is 16.1. The highest BCUT2D eigenvalue weighted by atomic mass is 35.5. The molecule has 2 aromatic carbocycles. The summed E-state index contributed by atoms with van der Waals surface area (Å²) in [6.45, 7) is 2.30. The smallest absolute Gasteiger partial charge is 0.218 e. The van der Waals surface area contributed by atoms with Crippen LogP contribution in [0, 0.1) is 0 Å². The number of aromatic nitrogens is 2. The molecule has 1 fully saturated rings. The van der Waals surface area contributed by atoms with Crippen LogP contribution in [0.1, 0.15) is 12.0 Å². The molecule has 0 N–H and O–H groups in total. The van der Waals surface area contributed by atoms with Gasteiger partial charge in [0.25, 0.3) is 0 Å². The molecule has 0 bridgehead atoms. The van der Waals surface area contributed by atoms with Crippen molar-refractivity contribution in [1.29, 1.82) is 0 Å². The number of nitrogens with zero attached hydrogens (tertiary/aromatic N) is 4. The van der Waals surface area contributed by atoms with E-state index in [0.29, 0.717) is 24.7 Å². The Bertz CT molecular complexity index is 1340. The maximum Gasteiger partial charge on any atom is 0.218 e. The highest BCUT2D eigenvalue weighted by Crippen LogP contribution is 2.28. The highest BCUT2D eigenvalue weighted by Gasteiger charge is 2.26. The van der Waals surface area contributed by atoms with Crippen LogP contribution in [-0.4, -0.2) is 48.3 Å². The summed E-state index contributed by atoms with van der Waals surface area (Å²) in [5.74, 6) is 0.894. The van der Waals surface area contributed by atoms with Gasteiger partial charge in [-0.15, -0.1) is 0 Å². The molecular weight excluding hydrogens is 432 g/mol. The maximum absolute atomic E-state index is 13.0. The van der Waals surface area contributed by atoms with Gasteiger partial charge in [0.1, 0.15) is 0 Å². The summed E-state index contributed by atoms with van der Waals surface area (Å²) in [4.78, 5) is 7.10. The molecule has 0 atom stereocenters. The van der Waals surface area contributed by atoms with E-state index in [9.17, 15) is 8.42 Å². The van der Waals surface area contributed by atoms with Crippen LogP contribution in [0.2, 0.25) is 5.02 Å². The van der Waals surface area contributed by atoms with Crippen LogP contribution in [0.5, 0.6) is 0 Å². The fourth-order valence-electron chi connectivity index (χ4n) is 4.23. The first-order chi connectivity index (χ1) is 15.0. The van der Waals surface area contributed by atoms with Crippen LogP contribution in [0.15, 0.2) is 66.9 Å². The van der Waals surface area contributed by atoms with E-state index in [1.54, 1.807) is 4.31 Å². The molecule has 4 aromatic rings. The van der Waals surface area contributed by atoms with E-state index >= 15 is 0 Å². The monoisotopic (exact) mass is 454 g/mol. The van der Waals surface area contributed by atoms with Gasteiger partial charge in [0, 0.05) is 37.4 Å². The van der Waals surface area contributed by atoms with Gasteiger partial charge in [0.2, 0.25) is 10.0 Å². The predicted molar refractivity (Wildman–Crippen MR) is 125 cm³/mol. The molecule has 6 nitrogen and oxygen atoms in total. The molecule has 2 aromatic heterocycles. The van der Waals surface area contributed by atoms with Crippen molar-refractivity contribution >= 4 is 44.0 Å². The molecule has 1 aliphatic rings. The Morgan fingerprint density at radius 1 is 0.903 bits per heavy atom. The van der Waals surface area contributed by atoms with Crippen LogP contribution in [0.25, 0.3) is 16.6 Å². The molecule has 0 aliphatic carbocycles. The van der Waals surface area contributed by atoms with Gasteiger partial charge >= 0.3 is 0 Å². The maximum atomic E-state index is 13.0. The second kappa shape index (κ2) is 8.15. The van der Waals surface area contributed by atoms with Crippen molar-refractivity contribution in [2.45, 2.75) is 12.2 Å². The Labute approximate surface area is 186 Å². The minimum Gasteiger partial charge on any atom is -0.353 e. The molecule has 160 valence electrons. The molecule has 1 saturated heterocycles. The number of sulfonamides is 1. The van der Waals surface area contributed by atoms with Gasteiger partial charge in [0.05, 0.1) is 22.3 Å². The summed E-state index contributed by atoms with van der Waals surface area (Å²) < 4.78 is 29.7. The minimum atomic E-state index is -3.37. The standard InChI is InChI=1S/C23H23ClN4O2S/c24-19-9-10-21-20(16-19)25-23(22-8-4-13-28(21)22)26-11-5-12-27(15-14-26)31(29,30)17-18-6-2-1-3-7-18/h1-4,6-10,13,16H,5,11-12,14-15,17H2. The van der Waals surface area contributed by atoms with E-state index in [0.717, 1.165) is 40.9 Å². The van der Waals surface area contributed by atoms with E-state index < -0.39 is 10.0 Å². The summed E-state index contributed by atoms with van der Waals surface area (Å²) in [6.07, 6.45) is 2.77. The third kappa shape index (κ3) is 4.01. The lowest BCUT2D eigenvalue weighted by molar-refractivity contribution is 0.432. The third-order valence-electron chi connectivity index (χ3n) is 5.74. The first kappa shape index (κ1) is 20.3. The Balaban J connectivity index is 1.43. The Morgan fingerprint density at radius 3 is 2.58 bits per heavy atom. The predicted octanol–water partition coefficient (Wildman–Crippen LogP) is 4.18. The largest absolute Gasteiger partial charge is 0.353 e. The molecule has 0 spiro atoms. The van der Waals surface area contributed by atoms with Gasteiger partial charge in [-0.25, -0.2) is 13.4 Å². The average molecular weight is 455 g/mol. The second-order valence-electron chi connectivity index (χ2n) is 7.81. The molecule has 0 amide bonds. The van der Waals surface area contributed by atoms with Crippen molar-refractivity contribution in [1.82, 2.24) is 13.7 Å². The summed E-state index contributed by atoms with van der Waals surface area (Å²) in [5.41, 5.74) is 3.64. The quantitative estimate of drug-likeness (QED) is 0.464.